The summed E-state index contributed by atoms with van der Waals surface area (Å²) in [6, 6.07) is 7.27. The maximum absolute atomic E-state index is 12.4. The Hall–Kier alpha value is -1.59. The van der Waals surface area contributed by atoms with Gasteiger partial charge in [-0.3, -0.25) is 4.79 Å². The van der Waals surface area contributed by atoms with Crippen LogP contribution in [0.2, 0.25) is 0 Å². The van der Waals surface area contributed by atoms with E-state index in [1.807, 2.05) is 31.2 Å². The van der Waals surface area contributed by atoms with Crippen LogP contribution in [0.15, 0.2) is 24.3 Å². The fraction of sp³-hybridized carbons (Fsp3) is 0.588. The predicted octanol–water partition coefficient (Wildman–Crippen LogP) is 3.25. The maximum atomic E-state index is 12.4. The van der Waals surface area contributed by atoms with E-state index in [1.165, 1.54) is 0 Å². The highest BCUT2D eigenvalue weighted by atomic mass is 16.5. The molecule has 124 valence electrons. The smallest absolute Gasteiger partial charge is 0.256 e. The van der Waals surface area contributed by atoms with Crippen molar-refractivity contribution in [1.29, 1.82) is 0 Å². The van der Waals surface area contributed by atoms with Crippen molar-refractivity contribution in [3.63, 3.8) is 0 Å². The molecular formula is C17H27NO4. The molecule has 0 heterocycles. The molecule has 0 bridgehead atoms. The summed E-state index contributed by atoms with van der Waals surface area (Å²) in [6.07, 6.45) is 2.67. The second-order valence-corrected chi connectivity index (χ2v) is 5.36. The molecular weight excluding hydrogens is 282 g/mol. The molecule has 0 radical (unpaired) electrons. The minimum atomic E-state index is -0.802. The first kappa shape index (κ1) is 18.5. The predicted molar refractivity (Wildman–Crippen MR) is 87.4 cm³/mol. The Morgan fingerprint density at radius 3 is 2.41 bits per heavy atom. The highest BCUT2D eigenvalue weighted by molar-refractivity contribution is 5.97. The van der Waals surface area contributed by atoms with Crippen LogP contribution in [-0.4, -0.2) is 38.9 Å². The highest BCUT2D eigenvalue weighted by Gasteiger charge is 2.32. The first-order chi connectivity index (χ1) is 10.6. The zero-order valence-electron chi connectivity index (χ0n) is 14.0. The number of anilines is 1. The van der Waals surface area contributed by atoms with Gasteiger partial charge in [0.25, 0.3) is 5.91 Å². The van der Waals surface area contributed by atoms with E-state index in [2.05, 4.69) is 12.2 Å². The Balaban J connectivity index is 2.59. The lowest BCUT2D eigenvalue weighted by Crippen LogP contribution is -2.41. The van der Waals surface area contributed by atoms with Gasteiger partial charge in [0.2, 0.25) is 0 Å². The molecule has 0 aliphatic carbocycles. The molecule has 0 aliphatic rings. The molecule has 0 fully saturated rings. The second kappa shape index (κ2) is 9.43. The van der Waals surface area contributed by atoms with E-state index < -0.39 is 5.60 Å². The van der Waals surface area contributed by atoms with Gasteiger partial charge < -0.3 is 19.5 Å². The average Bonchev–Trinajstić information content (AvgIpc) is 2.54. The summed E-state index contributed by atoms with van der Waals surface area (Å²) in [7, 11) is 3.20. The van der Waals surface area contributed by atoms with E-state index in [0.717, 1.165) is 24.3 Å². The van der Waals surface area contributed by atoms with Crippen molar-refractivity contribution in [1.82, 2.24) is 0 Å². The lowest BCUT2D eigenvalue weighted by atomic mass is 9.97. The average molecular weight is 309 g/mol. The fourth-order valence-electron chi connectivity index (χ4n) is 1.96. The van der Waals surface area contributed by atoms with Crippen molar-refractivity contribution >= 4 is 11.6 Å². The Morgan fingerprint density at radius 2 is 1.86 bits per heavy atom. The van der Waals surface area contributed by atoms with Crippen LogP contribution in [0.25, 0.3) is 0 Å². The van der Waals surface area contributed by atoms with Gasteiger partial charge in [0.15, 0.2) is 0 Å². The van der Waals surface area contributed by atoms with E-state index in [-0.39, 0.29) is 5.91 Å². The molecule has 1 atom stereocenters. The number of benzene rings is 1. The zero-order chi connectivity index (χ0) is 16.4. The van der Waals surface area contributed by atoms with Crippen molar-refractivity contribution in [2.45, 2.75) is 38.7 Å². The summed E-state index contributed by atoms with van der Waals surface area (Å²) < 4.78 is 15.8. The van der Waals surface area contributed by atoms with E-state index in [4.69, 9.17) is 14.2 Å². The van der Waals surface area contributed by atoms with Gasteiger partial charge >= 0.3 is 0 Å². The molecule has 22 heavy (non-hydrogen) atoms. The summed E-state index contributed by atoms with van der Waals surface area (Å²) in [5.74, 6) is 0.618. The molecule has 1 unspecified atom stereocenters. The number of unbranched alkanes of at least 4 members (excludes halogenated alkanes) is 1. The number of hydrogen-bond donors (Lipinski definition) is 1. The second-order valence-electron chi connectivity index (χ2n) is 5.36. The number of ether oxygens (including phenoxy) is 3. The minimum Gasteiger partial charge on any atom is -0.491 e. The van der Waals surface area contributed by atoms with E-state index >= 15 is 0 Å². The number of carbonyl (C=O) groups is 1. The number of rotatable bonds is 10. The number of methoxy groups -OCH3 is 2. The van der Waals surface area contributed by atoms with Gasteiger partial charge in [-0.2, -0.15) is 0 Å². The van der Waals surface area contributed by atoms with Crippen LogP contribution in [-0.2, 0) is 14.3 Å². The SMILES string of the molecule is CCCCC(C)(OC)C(=O)Nc1ccc(OCCOC)cc1. The lowest BCUT2D eigenvalue weighted by molar-refractivity contribution is -0.136. The molecule has 0 aliphatic heterocycles. The summed E-state index contributed by atoms with van der Waals surface area (Å²) >= 11 is 0. The van der Waals surface area contributed by atoms with Gasteiger partial charge in [0.05, 0.1) is 6.61 Å². The molecule has 0 spiro atoms. The summed E-state index contributed by atoms with van der Waals surface area (Å²) in [4.78, 5) is 12.4. The first-order valence-corrected chi connectivity index (χ1v) is 7.64. The molecule has 1 aromatic rings. The Kier molecular flexibility index (Phi) is 7.91. The van der Waals surface area contributed by atoms with Gasteiger partial charge in [0.1, 0.15) is 18.0 Å². The quantitative estimate of drug-likeness (QED) is 0.674. The summed E-state index contributed by atoms with van der Waals surface area (Å²) in [5, 5.41) is 2.89. The zero-order valence-corrected chi connectivity index (χ0v) is 14.0. The molecule has 5 heteroatoms. The maximum Gasteiger partial charge on any atom is 0.256 e. The first-order valence-electron chi connectivity index (χ1n) is 7.64. The fourth-order valence-corrected chi connectivity index (χ4v) is 1.96. The van der Waals surface area contributed by atoms with Crippen LogP contribution >= 0.6 is 0 Å². The third-order valence-corrected chi connectivity index (χ3v) is 3.61. The number of hydrogen-bond acceptors (Lipinski definition) is 4. The summed E-state index contributed by atoms with van der Waals surface area (Å²) in [5.41, 5.74) is -0.0761. The lowest BCUT2D eigenvalue weighted by Gasteiger charge is -2.26. The van der Waals surface area contributed by atoms with Crippen molar-refractivity contribution in [2.75, 3.05) is 32.8 Å². The normalized spacial score (nSPS) is 13.5. The van der Waals surface area contributed by atoms with E-state index in [1.54, 1.807) is 14.2 Å². The molecule has 0 aromatic heterocycles. The molecule has 1 aromatic carbocycles. The number of amides is 1. The molecule has 5 nitrogen and oxygen atoms in total. The van der Waals surface area contributed by atoms with Crippen LogP contribution in [0.1, 0.15) is 33.1 Å². The van der Waals surface area contributed by atoms with Crippen LogP contribution in [0.5, 0.6) is 5.75 Å². The van der Waals surface area contributed by atoms with Crippen LogP contribution in [0.3, 0.4) is 0 Å². The largest absolute Gasteiger partial charge is 0.491 e. The molecule has 0 saturated heterocycles. The minimum absolute atomic E-state index is 0.128. The van der Waals surface area contributed by atoms with Crippen molar-refractivity contribution in [2.24, 2.45) is 0 Å². The Labute approximate surface area is 132 Å². The van der Waals surface area contributed by atoms with Gasteiger partial charge in [-0.25, -0.2) is 0 Å². The topological polar surface area (TPSA) is 56.8 Å². The van der Waals surface area contributed by atoms with Gasteiger partial charge in [0, 0.05) is 19.9 Å². The Bertz CT molecular complexity index is 446. The molecule has 1 amide bonds. The van der Waals surface area contributed by atoms with Crippen molar-refractivity contribution < 1.29 is 19.0 Å². The summed E-state index contributed by atoms with van der Waals surface area (Å²) in [6.45, 7) is 4.96. The monoisotopic (exact) mass is 309 g/mol. The van der Waals surface area contributed by atoms with Gasteiger partial charge in [-0.05, 0) is 37.6 Å². The van der Waals surface area contributed by atoms with Crippen LogP contribution in [0.4, 0.5) is 5.69 Å². The van der Waals surface area contributed by atoms with Crippen molar-refractivity contribution in [3.8, 4) is 5.75 Å². The number of carbonyl (C=O) groups excluding carboxylic acids is 1. The number of nitrogens with one attached hydrogen (secondary N) is 1. The standard InChI is InChI=1S/C17H27NO4/c1-5-6-11-17(2,21-4)16(19)18-14-7-9-15(10-8-14)22-13-12-20-3/h7-10H,5-6,11-13H2,1-4H3,(H,18,19). The van der Waals surface area contributed by atoms with Crippen molar-refractivity contribution in [3.05, 3.63) is 24.3 Å². The highest BCUT2D eigenvalue weighted by Crippen LogP contribution is 2.22. The van der Waals surface area contributed by atoms with Crippen LogP contribution < -0.4 is 10.1 Å². The molecule has 1 rings (SSSR count). The van der Waals surface area contributed by atoms with Gasteiger partial charge in [-0.1, -0.05) is 19.8 Å². The van der Waals surface area contributed by atoms with Gasteiger partial charge in [-0.15, -0.1) is 0 Å². The molecule has 1 N–H and O–H groups in total. The van der Waals surface area contributed by atoms with E-state index in [9.17, 15) is 4.79 Å². The third-order valence-electron chi connectivity index (χ3n) is 3.61. The Morgan fingerprint density at radius 1 is 1.18 bits per heavy atom. The molecule has 0 saturated carbocycles. The van der Waals surface area contributed by atoms with E-state index in [0.29, 0.717) is 19.6 Å². The van der Waals surface area contributed by atoms with Crippen LogP contribution in [0, 0.1) is 0 Å². The third kappa shape index (κ3) is 5.66.